The van der Waals surface area contributed by atoms with Crippen LogP contribution in [0.5, 0.6) is 5.75 Å². The maximum absolute atomic E-state index is 6.31. The van der Waals surface area contributed by atoms with Gasteiger partial charge in [-0.15, -0.1) is 11.6 Å². The summed E-state index contributed by atoms with van der Waals surface area (Å²) in [4.78, 5) is 4.67. The molecule has 3 heteroatoms. The molecule has 0 amide bonds. The Bertz CT molecular complexity index is 681. The number of halogens is 1. The van der Waals surface area contributed by atoms with Crippen LogP contribution >= 0.6 is 11.6 Å². The number of aromatic nitrogens is 1. The van der Waals surface area contributed by atoms with Crippen LogP contribution in [0.2, 0.25) is 0 Å². The molecule has 1 atom stereocenters. The van der Waals surface area contributed by atoms with Crippen molar-refractivity contribution in [3.63, 3.8) is 0 Å². The number of hydrogen-bond acceptors (Lipinski definition) is 2. The highest BCUT2D eigenvalue weighted by molar-refractivity contribution is 6.20. The lowest BCUT2D eigenvalue weighted by molar-refractivity contribution is 0.301. The van der Waals surface area contributed by atoms with Gasteiger partial charge in [0, 0.05) is 11.8 Å². The summed E-state index contributed by atoms with van der Waals surface area (Å²) >= 11 is 6.31. The zero-order valence-electron chi connectivity index (χ0n) is 19.2. The molecule has 1 unspecified atom stereocenters. The molecule has 2 rings (SSSR count). The first-order valence-corrected chi connectivity index (χ1v) is 12.3. The lowest BCUT2D eigenvalue weighted by atomic mass is 10.0. The van der Waals surface area contributed by atoms with Gasteiger partial charge in [-0.25, -0.2) is 0 Å². The molecule has 0 fully saturated rings. The van der Waals surface area contributed by atoms with Crippen LogP contribution in [0, 0.1) is 5.92 Å². The third-order valence-electron chi connectivity index (χ3n) is 5.45. The number of benzene rings is 1. The Morgan fingerprint density at radius 3 is 2.13 bits per heavy atom. The van der Waals surface area contributed by atoms with Crippen LogP contribution in [0.3, 0.4) is 0 Å². The van der Waals surface area contributed by atoms with E-state index in [0.29, 0.717) is 12.5 Å². The summed E-state index contributed by atoms with van der Waals surface area (Å²) in [5, 5.41) is 0.0555. The Balaban J connectivity index is 1.71. The number of unbranched alkanes of at least 4 members (excludes halogenated alkanes) is 7. The van der Waals surface area contributed by atoms with Crippen molar-refractivity contribution in [1.82, 2.24) is 4.98 Å². The summed E-state index contributed by atoms with van der Waals surface area (Å²) < 4.78 is 5.82. The molecule has 0 aliphatic carbocycles. The van der Waals surface area contributed by atoms with Crippen LogP contribution in [0.1, 0.15) is 84.1 Å². The van der Waals surface area contributed by atoms with Crippen molar-refractivity contribution in [3.05, 3.63) is 48.2 Å². The molecule has 1 aromatic heterocycles. The van der Waals surface area contributed by atoms with Gasteiger partial charge in [0.25, 0.3) is 0 Å². The molecule has 0 saturated heterocycles. The maximum Gasteiger partial charge on any atom is 0.119 e. The summed E-state index contributed by atoms with van der Waals surface area (Å²) in [6, 6.07) is 12.5. The third kappa shape index (κ3) is 9.98. The average Bonchev–Trinajstić information content (AvgIpc) is 2.74. The van der Waals surface area contributed by atoms with E-state index in [2.05, 4.69) is 50.0 Å². The normalized spacial score (nSPS) is 12.3. The number of rotatable bonds is 15. The van der Waals surface area contributed by atoms with Crippen molar-refractivity contribution in [2.45, 2.75) is 90.4 Å². The first-order valence-electron chi connectivity index (χ1n) is 11.9. The van der Waals surface area contributed by atoms with E-state index < -0.39 is 0 Å². The fraction of sp³-hybridized carbons (Fsp3) is 0.593. The fourth-order valence-electron chi connectivity index (χ4n) is 3.69. The topological polar surface area (TPSA) is 22.1 Å². The van der Waals surface area contributed by atoms with Crippen LogP contribution in [0.4, 0.5) is 0 Å². The highest BCUT2D eigenvalue weighted by Crippen LogP contribution is 2.22. The molecule has 1 heterocycles. The second-order valence-corrected chi connectivity index (χ2v) is 9.46. The van der Waals surface area contributed by atoms with E-state index in [1.807, 2.05) is 18.3 Å². The lowest BCUT2D eigenvalue weighted by Crippen LogP contribution is -2.14. The van der Waals surface area contributed by atoms with E-state index in [4.69, 9.17) is 16.3 Å². The number of pyridine rings is 1. The smallest absolute Gasteiger partial charge is 0.119 e. The number of nitrogens with zero attached hydrogens (tertiary/aromatic N) is 1. The van der Waals surface area contributed by atoms with Crippen LogP contribution in [-0.2, 0) is 6.42 Å². The molecule has 0 aliphatic rings. The van der Waals surface area contributed by atoms with Crippen molar-refractivity contribution in [2.24, 2.45) is 5.92 Å². The lowest BCUT2D eigenvalue weighted by Gasteiger charge is -2.13. The minimum Gasteiger partial charge on any atom is -0.492 e. The van der Waals surface area contributed by atoms with Gasteiger partial charge in [-0.2, -0.15) is 0 Å². The number of hydrogen-bond donors (Lipinski definition) is 0. The first-order chi connectivity index (χ1) is 14.6. The van der Waals surface area contributed by atoms with Crippen LogP contribution in [-0.4, -0.2) is 17.0 Å². The van der Waals surface area contributed by atoms with Gasteiger partial charge in [-0.1, -0.05) is 71.8 Å². The number of ether oxygens (including phenoxy) is 1. The number of aryl methyl sites for hydroxylation is 1. The minimum absolute atomic E-state index is 0.0555. The van der Waals surface area contributed by atoms with Crippen molar-refractivity contribution >= 4 is 11.6 Å². The Morgan fingerprint density at radius 2 is 1.53 bits per heavy atom. The summed E-state index contributed by atoms with van der Waals surface area (Å²) in [5.74, 6) is 1.45. The molecular weight excluding hydrogens is 390 g/mol. The van der Waals surface area contributed by atoms with Crippen LogP contribution in [0.25, 0.3) is 11.3 Å². The molecular formula is C27H40ClNO. The van der Waals surface area contributed by atoms with E-state index in [9.17, 15) is 0 Å². The molecule has 2 nitrogen and oxygen atoms in total. The molecule has 0 aliphatic heterocycles. The third-order valence-corrected chi connectivity index (χ3v) is 5.76. The highest BCUT2D eigenvalue weighted by Gasteiger charge is 2.08. The molecule has 0 bridgehead atoms. The summed E-state index contributed by atoms with van der Waals surface area (Å²) in [6.07, 6.45) is 15.0. The zero-order chi connectivity index (χ0) is 21.6. The van der Waals surface area contributed by atoms with Gasteiger partial charge < -0.3 is 4.74 Å². The maximum atomic E-state index is 6.31. The molecule has 0 radical (unpaired) electrons. The Hall–Kier alpha value is -1.54. The van der Waals surface area contributed by atoms with E-state index in [1.165, 1.54) is 56.9 Å². The summed E-state index contributed by atoms with van der Waals surface area (Å²) in [5.41, 5.74) is 3.46. The van der Waals surface area contributed by atoms with Gasteiger partial charge in [0.05, 0.1) is 11.1 Å². The van der Waals surface area contributed by atoms with Crippen molar-refractivity contribution in [2.75, 3.05) is 6.61 Å². The second-order valence-electron chi connectivity index (χ2n) is 8.84. The SMILES string of the molecule is CCCCCCCCCCc1ccc(-c2ccc(OCC(Cl)CC(C)C)cc2)nc1. The Labute approximate surface area is 189 Å². The van der Waals surface area contributed by atoms with Gasteiger partial charge in [0.15, 0.2) is 0 Å². The second kappa shape index (κ2) is 14.5. The molecule has 0 saturated carbocycles. The van der Waals surface area contributed by atoms with Gasteiger partial charge in [-0.05, 0) is 61.1 Å². The largest absolute Gasteiger partial charge is 0.492 e. The van der Waals surface area contributed by atoms with Crippen molar-refractivity contribution in [3.8, 4) is 17.0 Å². The molecule has 30 heavy (non-hydrogen) atoms. The number of alkyl halides is 1. The Morgan fingerprint density at radius 1 is 0.867 bits per heavy atom. The van der Waals surface area contributed by atoms with E-state index in [-0.39, 0.29) is 5.38 Å². The first kappa shape index (κ1) is 24.7. The molecule has 0 spiro atoms. The standard InChI is InChI=1S/C27H40ClNO/c1-4-5-6-7-8-9-10-11-12-23-13-18-27(29-20-23)24-14-16-26(17-15-24)30-21-25(28)19-22(2)3/h13-18,20,22,25H,4-12,19,21H2,1-3H3. The van der Waals surface area contributed by atoms with Gasteiger partial charge in [0.1, 0.15) is 12.4 Å². The predicted molar refractivity (Wildman–Crippen MR) is 131 cm³/mol. The predicted octanol–water partition coefficient (Wildman–Crippen LogP) is 8.46. The minimum atomic E-state index is 0.0555. The quantitative estimate of drug-likeness (QED) is 0.209. The Kier molecular flexibility index (Phi) is 11.9. The molecule has 0 N–H and O–H groups in total. The van der Waals surface area contributed by atoms with Gasteiger partial charge >= 0.3 is 0 Å². The molecule has 2 aromatic rings. The van der Waals surface area contributed by atoms with E-state index in [0.717, 1.165) is 29.8 Å². The molecule has 166 valence electrons. The van der Waals surface area contributed by atoms with Crippen LogP contribution in [0.15, 0.2) is 42.6 Å². The van der Waals surface area contributed by atoms with Crippen molar-refractivity contribution < 1.29 is 4.74 Å². The fourth-order valence-corrected chi connectivity index (χ4v) is 4.11. The molecule has 1 aromatic carbocycles. The van der Waals surface area contributed by atoms with Crippen molar-refractivity contribution in [1.29, 1.82) is 0 Å². The van der Waals surface area contributed by atoms with Gasteiger partial charge in [-0.3, -0.25) is 4.98 Å². The highest BCUT2D eigenvalue weighted by atomic mass is 35.5. The summed E-state index contributed by atoms with van der Waals surface area (Å²) in [7, 11) is 0. The van der Waals surface area contributed by atoms with E-state index >= 15 is 0 Å². The van der Waals surface area contributed by atoms with Crippen LogP contribution < -0.4 is 4.74 Å². The zero-order valence-corrected chi connectivity index (χ0v) is 20.0. The summed E-state index contributed by atoms with van der Waals surface area (Å²) in [6.45, 7) is 7.18. The van der Waals surface area contributed by atoms with Gasteiger partial charge in [0.2, 0.25) is 0 Å². The average molecular weight is 430 g/mol. The monoisotopic (exact) mass is 429 g/mol. The van der Waals surface area contributed by atoms with E-state index in [1.54, 1.807) is 0 Å².